The molecule has 1 aliphatic carbocycles. The highest BCUT2D eigenvalue weighted by Crippen LogP contribution is 2.39. The molecule has 1 aromatic heterocycles. The number of aryl methyl sites for hydroxylation is 2. The lowest BCUT2D eigenvalue weighted by Gasteiger charge is -2.26. The van der Waals surface area contributed by atoms with Gasteiger partial charge in [0.05, 0.1) is 18.3 Å². The first kappa shape index (κ1) is 16.0. The fourth-order valence-electron chi connectivity index (χ4n) is 3.25. The molecule has 1 N–H and O–H groups in total. The summed E-state index contributed by atoms with van der Waals surface area (Å²) in [6.07, 6.45) is 4.42. The van der Waals surface area contributed by atoms with E-state index in [1.807, 2.05) is 14.0 Å². The third kappa shape index (κ3) is 2.98. The highest BCUT2D eigenvalue weighted by atomic mass is 16.5. The Morgan fingerprint density at radius 1 is 1.48 bits per heavy atom. The van der Waals surface area contributed by atoms with Crippen LogP contribution in [0.2, 0.25) is 0 Å². The van der Waals surface area contributed by atoms with Crippen LogP contribution in [-0.4, -0.2) is 34.9 Å². The van der Waals surface area contributed by atoms with Crippen molar-refractivity contribution >= 4 is 5.97 Å². The molecule has 1 aliphatic rings. The van der Waals surface area contributed by atoms with Crippen LogP contribution in [-0.2, 0) is 22.4 Å². The number of ether oxygens (including phenoxy) is 1. The predicted octanol–water partition coefficient (Wildman–Crippen LogP) is 2.25. The molecule has 0 amide bonds. The molecule has 0 aliphatic heterocycles. The fourth-order valence-corrected chi connectivity index (χ4v) is 3.25. The summed E-state index contributed by atoms with van der Waals surface area (Å²) in [6, 6.07) is 2.46. The van der Waals surface area contributed by atoms with Gasteiger partial charge in [0.25, 0.3) is 0 Å². The summed E-state index contributed by atoms with van der Waals surface area (Å²) in [5, 5.41) is 7.93. The van der Waals surface area contributed by atoms with Gasteiger partial charge in [-0.2, -0.15) is 5.10 Å². The molecular formula is C16H27N3O2. The molecule has 21 heavy (non-hydrogen) atoms. The van der Waals surface area contributed by atoms with Gasteiger partial charge in [-0.15, -0.1) is 0 Å². The number of hydrogen-bond acceptors (Lipinski definition) is 4. The summed E-state index contributed by atoms with van der Waals surface area (Å²) in [4.78, 5) is 12.3. The number of nitrogens with one attached hydrogen (secondary N) is 1. The summed E-state index contributed by atoms with van der Waals surface area (Å²) >= 11 is 0. The van der Waals surface area contributed by atoms with E-state index in [1.165, 1.54) is 5.69 Å². The first-order valence-corrected chi connectivity index (χ1v) is 8.03. The van der Waals surface area contributed by atoms with E-state index in [2.05, 4.69) is 29.9 Å². The minimum atomic E-state index is -0.552. The van der Waals surface area contributed by atoms with Crippen molar-refractivity contribution in [3.63, 3.8) is 0 Å². The van der Waals surface area contributed by atoms with E-state index in [9.17, 15) is 4.79 Å². The van der Waals surface area contributed by atoms with Crippen LogP contribution in [0.3, 0.4) is 0 Å². The quantitative estimate of drug-likeness (QED) is 0.817. The van der Waals surface area contributed by atoms with Gasteiger partial charge in [-0.25, -0.2) is 0 Å². The fraction of sp³-hybridized carbons (Fsp3) is 0.750. The van der Waals surface area contributed by atoms with Gasteiger partial charge in [0.2, 0.25) is 0 Å². The van der Waals surface area contributed by atoms with Crippen LogP contribution in [0.4, 0.5) is 0 Å². The maximum atomic E-state index is 12.3. The van der Waals surface area contributed by atoms with Crippen molar-refractivity contribution in [3.8, 4) is 0 Å². The Labute approximate surface area is 127 Å². The average Bonchev–Trinajstić information content (AvgIpc) is 3.11. The van der Waals surface area contributed by atoms with E-state index < -0.39 is 5.54 Å². The third-order valence-corrected chi connectivity index (χ3v) is 4.57. The number of hydrogen-bond donors (Lipinski definition) is 1. The smallest absolute Gasteiger partial charge is 0.326 e. The molecule has 0 spiro atoms. The molecule has 118 valence electrons. The highest BCUT2D eigenvalue weighted by Gasteiger charge is 2.46. The third-order valence-electron chi connectivity index (χ3n) is 4.57. The van der Waals surface area contributed by atoms with Crippen molar-refractivity contribution < 1.29 is 9.53 Å². The summed E-state index contributed by atoms with van der Waals surface area (Å²) < 4.78 is 7.39. The number of rotatable bonds is 6. The Morgan fingerprint density at radius 2 is 2.24 bits per heavy atom. The topological polar surface area (TPSA) is 56.1 Å². The van der Waals surface area contributed by atoms with Gasteiger partial charge < -0.3 is 10.1 Å². The molecule has 1 saturated carbocycles. The molecule has 5 nitrogen and oxygen atoms in total. The average molecular weight is 293 g/mol. The van der Waals surface area contributed by atoms with Gasteiger partial charge in [0.15, 0.2) is 0 Å². The van der Waals surface area contributed by atoms with E-state index in [0.29, 0.717) is 6.61 Å². The van der Waals surface area contributed by atoms with Gasteiger partial charge in [-0.1, -0.05) is 13.8 Å². The second-order valence-corrected chi connectivity index (χ2v) is 5.73. The second kappa shape index (κ2) is 6.60. The van der Waals surface area contributed by atoms with Gasteiger partial charge in [-0.05, 0) is 52.1 Å². The number of likely N-dealkylation sites (N-methyl/N-ethyl adjacent to an activating group) is 1. The Kier molecular flexibility index (Phi) is 5.04. The first-order chi connectivity index (χ1) is 10.1. The molecule has 1 aromatic rings. The SMILES string of the molecule is CCOC(=O)C1(NC)CCC(n2nc(CC)cc2CC)C1. The van der Waals surface area contributed by atoms with Crippen LogP contribution in [0, 0.1) is 0 Å². The highest BCUT2D eigenvalue weighted by molar-refractivity contribution is 5.81. The van der Waals surface area contributed by atoms with E-state index in [0.717, 1.165) is 37.8 Å². The zero-order chi connectivity index (χ0) is 15.5. The Hall–Kier alpha value is -1.36. The lowest BCUT2D eigenvalue weighted by Crippen LogP contribution is -2.49. The second-order valence-electron chi connectivity index (χ2n) is 5.73. The maximum Gasteiger partial charge on any atom is 0.326 e. The van der Waals surface area contributed by atoms with E-state index in [-0.39, 0.29) is 12.0 Å². The molecule has 2 rings (SSSR count). The van der Waals surface area contributed by atoms with Gasteiger partial charge in [0.1, 0.15) is 5.54 Å². The lowest BCUT2D eigenvalue weighted by molar-refractivity contribution is -0.150. The zero-order valence-corrected chi connectivity index (χ0v) is 13.6. The predicted molar refractivity (Wildman–Crippen MR) is 82.3 cm³/mol. The van der Waals surface area contributed by atoms with Crippen LogP contribution in [0.1, 0.15) is 57.5 Å². The summed E-state index contributed by atoms with van der Waals surface area (Å²) in [5.74, 6) is -0.129. The van der Waals surface area contributed by atoms with E-state index in [1.54, 1.807) is 0 Å². The molecule has 1 heterocycles. The number of carbonyl (C=O) groups excluding carboxylic acids is 1. The standard InChI is InChI=1S/C16H27N3O2/c1-5-12-10-13(6-2)19(18-12)14-8-9-16(11-14,17-4)15(20)21-7-3/h10,14,17H,5-9,11H2,1-4H3. The molecule has 0 aromatic carbocycles. The Balaban J connectivity index is 2.21. The van der Waals surface area contributed by atoms with Gasteiger partial charge >= 0.3 is 5.97 Å². The maximum absolute atomic E-state index is 12.3. The monoisotopic (exact) mass is 293 g/mol. The molecule has 5 heteroatoms. The normalized spacial score (nSPS) is 25.2. The van der Waals surface area contributed by atoms with Crippen molar-refractivity contribution in [1.82, 2.24) is 15.1 Å². The molecule has 2 atom stereocenters. The van der Waals surface area contributed by atoms with Crippen molar-refractivity contribution in [2.45, 2.75) is 64.5 Å². The van der Waals surface area contributed by atoms with Crippen molar-refractivity contribution in [3.05, 3.63) is 17.5 Å². The first-order valence-electron chi connectivity index (χ1n) is 8.03. The van der Waals surface area contributed by atoms with Crippen molar-refractivity contribution in [2.24, 2.45) is 0 Å². The number of nitrogens with zero attached hydrogens (tertiary/aromatic N) is 2. The molecule has 0 radical (unpaired) electrons. The van der Waals surface area contributed by atoms with Crippen molar-refractivity contribution in [1.29, 1.82) is 0 Å². The lowest BCUT2D eigenvalue weighted by atomic mass is 9.98. The summed E-state index contributed by atoms with van der Waals surface area (Å²) in [6.45, 7) is 6.55. The van der Waals surface area contributed by atoms with Crippen LogP contribution in [0.25, 0.3) is 0 Å². The van der Waals surface area contributed by atoms with Crippen molar-refractivity contribution in [2.75, 3.05) is 13.7 Å². The number of aromatic nitrogens is 2. The van der Waals surface area contributed by atoms with E-state index in [4.69, 9.17) is 9.84 Å². The number of carbonyl (C=O) groups is 1. The van der Waals surface area contributed by atoms with Gasteiger partial charge in [0, 0.05) is 5.69 Å². The summed E-state index contributed by atoms with van der Waals surface area (Å²) in [7, 11) is 1.85. The largest absolute Gasteiger partial charge is 0.465 e. The van der Waals surface area contributed by atoms with Crippen LogP contribution in [0.5, 0.6) is 0 Å². The molecule has 0 saturated heterocycles. The molecule has 0 bridgehead atoms. The Bertz CT molecular complexity index is 498. The molecule has 2 unspecified atom stereocenters. The zero-order valence-electron chi connectivity index (χ0n) is 13.6. The molecule has 1 fully saturated rings. The van der Waals surface area contributed by atoms with E-state index >= 15 is 0 Å². The summed E-state index contributed by atoms with van der Waals surface area (Å²) in [5.41, 5.74) is 1.84. The Morgan fingerprint density at radius 3 is 2.81 bits per heavy atom. The minimum Gasteiger partial charge on any atom is -0.465 e. The van der Waals surface area contributed by atoms with Crippen LogP contribution < -0.4 is 5.32 Å². The van der Waals surface area contributed by atoms with Gasteiger partial charge in [-0.3, -0.25) is 9.48 Å². The van der Waals surface area contributed by atoms with Crippen LogP contribution >= 0.6 is 0 Å². The minimum absolute atomic E-state index is 0.129. The van der Waals surface area contributed by atoms with Crippen LogP contribution in [0.15, 0.2) is 6.07 Å². The number of esters is 1. The molecular weight excluding hydrogens is 266 g/mol.